The lowest BCUT2D eigenvalue weighted by molar-refractivity contribution is -0.202. The van der Waals surface area contributed by atoms with Crippen LogP contribution in [0.15, 0.2) is 84.9 Å². The lowest BCUT2D eigenvalue weighted by Gasteiger charge is -2.19. The van der Waals surface area contributed by atoms with Crippen molar-refractivity contribution in [3.05, 3.63) is 96.1 Å². The van der Waals surface area contributed by atoms with Gasteiger partial charge in [-0.15, -0.1) is 0 Å². The molecule has 3 rings (SSSR count). The first-order chi connectivity index (χ1) is 21.9. The molecule has 0 heterocycles. The summed E-state index contributed by atoms with van der Waals surface area (Å²) in [4.78, 5) is 60.3. The van der Waals surface area contributed by atoms with Gasteiger partial charge in [0.15, 0.2) is 0 Å². The van der Waals surface area contributed by atoms with E-state index >= 15 is 0 Å². The summed E-state index contributed by atoms with van der Waals surface area (Å²) in [5.41, 5.74) is 3.03. The first-order valence-corrected chi connectivity index (χ1v) is 14.5. The van der Waals surface area contributed by atoms with E-state index in [1.165, 1.54) is 0 Å². The molecule has 0 saturated carbocycles. The van der Waals surface area contributed by atoms with Gasteiger partial charge in [-0.2, -0.15) is 13.2 Å². The maximum absolute atomic E-state index is 12.6. The quantitative estimate of drug-likeness (QED) is 0.112. The number of esters is 2. The Labute approximate surface area is 264 Å². The number of hydrogen-bond acceptors (Lipinski definition) is 6. The fourth-order valence-electron chi connectivity index (χ4n) is 4.36. The lowest BCUT2D eigenvalue weighted by atomic mass is 9.99. The largest absolute Gasteiger partial charge is 0.491 e. The second-order valence-corrected chi connectivity index (χ2v) is 10.3. The number of urea groups is 1. The van der Waals surface area contributed by atoms with Gasteiger partial charge in [-0.3, -0.25) is 14.4 Å². The minimum Gasteiger partial charge on any atom is -0.386 e. The molecular formula is C33H35F3N4O6. The SMILES string of the molecule is C[C@@H](NC(=O)NCCCCC(=O)NCC(=O)NC(CC(=O)OC(=O)C(F)(F)F)c1ccc(-c2ccccc2)cc1)c1ccccc1. The second kappa shape index (κ2) is 17.3. The summed E-state index contributed by atoms with van der Waals surface area (Å²) in [6.07, 6.45) is -5.12. The summed E-state index contributed by atoms with van der Waals surface area (Å²) in [5.74, 6) is -5.30. The number of alkyl halides is 3. The molecule has 0 aliphatic heterocycles. The van der Waals surface area contributed by atoms with E-state index < -0.39 is 48.9 Å². The lowest BCUT2D eigenvalue weighted by Crippen LogP contribution is -2.40. The fourth-order valence-corrected chi connectivity index (χ4v) is 4.36. The zero-order valence-electron chi connectivity index (χ0n) is 25.1. The Kier molecular flexibility index (Phi) is 13.3. The van der Waals surface area contributed by atoms with Crippen molar-refractivity contribution in [1.82, 2.24) is 21.3 Å². The van der Waals surface area contributed by atoms with Gasteiger partial charge in [-0.1, -0.05) is 84.9 Å². The van der Waals surface area contributed by atoms with E-state index in [4.69, 9.17) is 0 Å². The predicted molar refractivity (Wildman–Crippen MR) is 163 cm³/mol. The van der Waals surface area contributed by atoms with E-state index in [9.17, 15) is 37.1 Å². The highest BCUT2D eigenvalue weighted by Crippen LogP contribution is 2.24. The van der Waals surface area contributed by atoms with Gasteiger partial charge in [0.1, 0.15) is 0 Å². The molecule has 10 nitrogen and oxygen atoms in total. The van der Waals surface area contributed by atoms with Crippen LogP contribution in [0.3, 0.4) is 0 Å². The summed E-state index contributed by atoms with van der Waals surface area (Å²) >= 11 is 0. The molecule has 2 atom stereocenters. The highest BCUT2D eigenvalue weighted by atomic mass is 19.4. The van der Waals surface area contributed by atoms with Gasteiger partial charge in [0.05, 0.1) is 25.0 Å². The first kappa shape index (κ1) is 35.3. The van der Waals surface area contributed by atoms with E-state index in [0.29, 0.717) is 24.9 Å². The molecule has 0 spiro atoms. The third kappa shape index (κ3) is 12.1. The number of carbonyl (C=O) groups is 5. The van der Waals surface area contributed by atoms with Crippen molar-refractivity contribution in [2.24, 2.45) is 0 Å². The predicted octanol–water partition coefficient (Wildman–Crippen LogP) is 4.88. The monoisotopic (exact) mass is 640 g/mol. The van der Waals surface area contributed by atoms with E-state index in [2.05, 4.69) is 26.0 Å². The van der Waals surface area contributed by atoms with Crippen molar-refractivity contribution in [3.8, 4) is 11.1 Å². The van der Waals surface area contributed by atoms with Crippen LogP contribution in [0.1, 0.15) is 55.8 Å². The molecule has 4 N–H and O–H groups in total. The average Bonchev–Trinajstić information content (AvgIpc) is 3.03. The van der Waals surface area contributed by atoms with Gasteiger partial charge in [0, 0.05) is 13.0 Å². The summed E-state index contributed by atoms with van der Waals surface area (Å²) in [6.45, 7) is 1.73. The standard InChI is InChI=1S/C33H35F3N4O6/c1-22(23-10-4-2-5-11-23)39-32(45)37-19-9-8-14-28(41)38-21-29(42)40-27(20-30(43)46-31(44)33(34,35)36)26-17-15-25(16-18-26)24-12-6-3-7-13-24/h2-7,10-13,15-18,22,27H,8-9,14,19-21H2,1H3,(H,38,41)(H,40,42)(H2,37,39,45)/t22-,27?/m1/s1. The molecule has 46 heavy (non-hydrogen) atoms. The zero-order valence-corrected chi connectivity index (χ0v) is 25.1. The van der Waals surface area contributed by atoms with Crippen LogP contribution in [0.5, 0.6) is 0 Å². The molecule has 0 aliphatic carbocycles. The molecule has 0 radical (unpaired) electrons. The molecule has 0 fully saturated rings. The second-order valence-electron chi connectivity index (χ2n) is 10.3. The fraction of sp³-hybridized carbons (Fsp3) is 0.303. The molecule has 0 bridgehead atoms. The number of hydrogen-bond donors (Lipinski definition) is 4. The van der Waals surface area contributed by atoms with Crippen LogP contribution in [-0.2, 0) is 23.9 Å². The highest BCUT2D eigenvalue weighted by molar-refractivity contribution is 5.89. The van der Waals surface area contributed by atoms with Crippen LogP contribution in [-0.4, -0.2) is 49.0 Å². The summed E-state index contributed by atoms with van der Waals surface area (Å²) in [7, 11) is 0. The number of carbonyl (C=O) groups excluding carboxylic acids is 5. The van der Waals surface area contributed by atoms with Crippen LogP contribution in [0.2, 0.25) is 0 Å². The first-order valence-electron chi connectivity index (χ1n) is 14.5. The molecule has 1 unspecified atom stereocenters. The molecule has 0 saturated heterocycles. The molecule has 3 aromatic carbocycles. The summed E-state index contributed by atoms with van der Waals surface area (Å²) in [5, 5.41) is 10.5. The Balaban J connectivity index is 1.46. The van der Waals surface area contributed by atoms with Gasteiger partial charge < -0.3 is 26.0 Å². The van der Waals surface area contributed by atoms with Gasteiger partial charge in [-0.05, 0) is 42.0 Å². The van der Waals surface area contributed by atoms with E-state index in [1.807, 2.05) is 67.6 Å². The Bertz CT molecular complexity index is 1470. The minimum atomic E-state index is -5.36. The van der Waals surface area contributed by atoms with Crippen LogP contribution in [0.4, 0.5) is 18.0 Å². The number of unbranched alkanes of at least 4 members (excludes halogenated alkanes) is 1. The normalized spacial score (nSPS) is 12.3. The maximum atomic E-state index is 12.6. The van der Waals surface area contributed by atoms with Crippen molar-refractivity contribution < 1.29 is 41.9 Å². The van der Waals surface area contributed by atoms with Crippen molar-refractivity contribution in [2.45, 2.75) is 50.9 Å². The Morgan fingerprint density at radius 1 is 0.717 bits per heavy atom. The average molecular weight is 641 g/mol. The third-order valence-corrected chi connectivity index (χ3v) is 6.77. The van der Waals surface area contributed by atoms with Gasteiger partial charge >= 0.3 is 24.1 Å². The third-order valence-electron chi connectivity index (χ3n) is 6.77. The van der Waals surface area contributed by atoms with E-state index in [-0.39, 0.29) is 18.5 Å². The number of nitrogens with one attached hydrogen (secondary N) is 4. The van der Waals surface area contributed by atoms with Gasteiger partial charge in [0.2, 0.25) is 11.8 Å². The maximum Gasteiger partial charge on any atom is 0.491 e. The molecule has 3 aromatic rings. The van der Waals surface area contributed by atoms with E-state index in [1.54, 1.807) is 24.3 Å². The number of halogens is 3. The van der Waals surface area contributed by atoms with Crippen LogP contribution in [0, 0.1) is 0 Å². The summed E-state index contributed by atoms with van der Waals surface area (Å²) < 4.78 is 41.6. The molecular weight excluding hydrogens is 605 g/mol. The number of ether oxygens (including phenoxy) is 1. The van der Waals surface area contributed by atoms with Crippen molar-refractivity contribution in [2.75, 3.05) is 13.1 Å². The molecule has 0 aromatic heterocycles. The van der Waals surface area contributed by atoms with E-state index in [0.717, 1.165) is 16.7 Å². The Hall–Kier alpha value is -5.20. The smallest absolute Gasteiger partial charge is 0.386 e. The molecule has 244 valence electrons. The topological polar surface area (TPSA) is 143 Å². The molecule has 13 heteroatoms. The number of benzene rings is 3. The summed E-state index contributed by atoms with van der Waals surface area (Å²) in [6, 6.07) is 23.7. The number of amides is 4. The van der Waals surface area contributed by atoms with Crippen LogP contribution >= 0.6 is 0 Å². The van der Waals surface area contributed by atoms with Gasteiger partial charge in [-0.25, -0.2) is 9.59 Å². The Morgan fingerprint density at radius 2 is 1.33 bits per heavy atom. The van der Waals surface area contributed by atoms with Crippen LogP contribution < -0.4 is 21.3 Å². The highest BCUT2D eigenvalue weighted by Gasteiger charge is 2.42. The van der Waals surface area contributed by atoms with Crippen molar-refractivity contribution in [1.29, 1.82) is 0 Å². The zero-order chi connectivity index (χ0) is 33.5. The Morgan fingerprint density at radius 3 is 1.96 bits per heavy atom. The molecule has 4 amide bonds. The number of rotatable bonds is 14. The minimum absolute atomic E-state index is 0.0766. The van der Waals surface area contributed by atoms with Crippen molar-refractivity contribution in [3.63, 3.8) is 0 Å². The van der Waals surface area contributed by atoms with Gasteiger partial charge in [0.25, 0.3) is 0 Å². The van der Waals surface area contributed by atoms with Crippen LogP contribution in [0.25, 0.3) is 11.1 Å². The molecule has 0 aliphatic rings. The van der Waals surface area contributed by atoms with Crippen molar-refractivity contribution >= 4 is 29.8 Å².